The number of carbonyl (C=O) groups excluding carboxylic acids is 1. The summed E-state index contributed by atoms with van der Waals surface area (Å²) in [6.07, 6.45) is -3.95. The average Bonchev–Trinajstić information content (AvgIpc) is 3.16. The summed E-state index contributed by atoms with van der Waals surface area (Å²) in [4.78, 5) is 16.0. The van der Waals surface area contributed by atoms with Gasteiger partial charge in [0.2, 0.25) is 5.88 Å². The summed E-state index contributed by atoms with van der Waals surface area (Å²) in [5.41, 5.74) is -0.892. The molecule has 0 unspecified atom stereocenters. The summed E-state index contributed by atoms with van der Waals surface area (Å²) < 4.78 is 79.6. The Kier molecular flexibility index (Phi) is 7.12. The number of halogens is 3. The number of anilines is 1. The summed E-state index contributed by atoms with van der Waals surface area (Å²) in [5.74, 6) is -0.953. The van der Waals surface area contributed by atoms with Crippen LogP contribution in [0.2, 0.25) is 0 Å². The van der Waals surface area contributed by atoms with Crippen LogP contribution in [0.1, 0.15) is 56.5 Å². The van der Waals surface area contributed by atoms with E-state index < -0.39 is 39.8 Å². The number of hydrogen-bond donors (Lipinski definition) is 2. The quantitative estimate of drug-likeness (QED) is 0.616. The van der Waals surface area contributed by atoms with Crippen LogP contribution in [0, 0.1) is 0 Å². The number of sulfonamides is 1. The molecule has 2 amide bonds. The van der Waals surface area contributed by atoms with E-state index in [9.17, 15) is 26.4 Å². The Balaban J connectivity index is 1.91. The molecule has 1 aliphatic rings. The van der Waals surface area contributed by atoms with Crippen LogP contribution >= 0.6 is 0 Å². The monoisotopic (exact) mass is 505 g/mol. The minimum Gasteiger partial charge on any atom is -0.474 e. The first-order chi connectivity index (χ1) is 15.7. The number of pyridine rings is 1. The molecule has 2 aromatic rings. The fourth-order valence-corrected chi connectivity index (χ4v) is 4.42. The van der Waals surface area contributed by atoms with E-state index in [1.807, 2.05) is 4.72 Å². The maximum Gasteiger partial charge on any atom is 0.433 e. The Labute approximate surface area is 194 Å². The van der Waals surface area contributed by atoms with Crippen molar-refractivity contribution in [1.82, 2.24) is 19.5 Å². The van der Waals surface area contributed by atoms with Crippen molar-refractivity contribution in [3.05, 3.63) is 29.2 Å². The molecule has 1 aliphatic heterocycles. The smallest absolute Gasteiger partial charge is 0.433 e. The van der Waals surface area contributed by atoms with Crippen LogP contribution in [0.4, 0.5) is 23.7 Å². The summed E-state index contributed by atoms with van der Waals surface area (Å²) in [6.45, 7) is 6.92. The van der Waals surface area contributed by atoms with E-state index >= 15 is 0 Å². The zero-order chi connectivity index (χ0) is 25.4. The second kappa shape index (κ2) is 9.41. The van der Waals surface area contributed by atoms with Crippen LogP contribution in [0.15, 0.2) is 17.2 Å². The third-order valence-corrected chi connectivity index (χ3v) is 6.48. The molecule has 14 heteroatoms. The highest BCUT2D eigenvalue weighted by Crippen LogP contribution is 2.37. The Bertz CT molecular complexity index is 1150. The molecule has 2 aromatic heterocycles. The minimum absolute atomic E-state index is 0.0112. The van der Waals surface area contributed by atoms with Gasteiger partial charge in [-0.3, -0.25) is 0 Å². The van der Waals surface area contributed by atoms with Crippen molar-refractivity contribution in [3.63, 3.8) is 0 Å². The van der Waals surface area contributed by atoms with E-state index in [0.29, 0.717) is 0 Å². The lowest BCUT2D eigenvalue weighted by molar-refractivity contribution is -0.141. The summed E-state index contributed by atoms with van der Waals surface area (Å²) in [6, 6.07) is -0.301. The molecule has 0 spiro atoms. The van der Waals surface area contributed by atoms with E-state index in [2.05, 4.69) is 15.4 Å². The molecule has 0 saturated heterocycles. The molecule has 0 saturated carbocycles. The van der Waals surface area contributed by atoms with Gasteiger partial charge in [0.1, 0.15) is 18.4 Å². The van der Waals surface area contributed by atoms with Gasteiger partial charge in [0.15, 0.2) is 4.90 Å². The van der Waals surface area contributed by atoms with Crippen LogP contribution in [-0.4, -0.2) is 49.0 Å². The molecule has 0 fully saturated rings. The van der Waals surface area contributed by atoms with Gasteiger partial charge in [-0.1, -0.05) is 27.7 Å². The normalized spacial score (nSPS) is 16.4. The number of fused-ring (bicyclic) bond motifs is 1. The first-order valence-corrected chi connectivity index (χ1v) is 11.9. The van der Waals surface area contributed by atoms with Crippen molar-refractivity contribution >= 4 is 21.7 Å². The van der Waals surface area contributed by atoms with Gasteiger partial charge in [0.25, 0.3) is 10.0 Å². The van der Waals surface area contributed by atoms with Crippen LogP contribution in [0.25, 0.3) is 0 Å². The fraction of sp³-hybridized carbons (Fsp3) is 0.550. The largest absolute Gasteiger partial charge is 0.474 e. The maximum absolute atomic E-state index is 13.4. The molecule has 0 radical (unpaired) electrons. The Morgan fingerprint density at radius 1 is 1.26 bits per heavy atom. The highest BCUT2D eigenvalue weighted by atomic mass is 32.2. The summed E-state index contributed by atoms with van der Waals surface area (Å²) in [5, 5.41) is 6.35. The third kappa shape index (κ3) is 5.27. The van der Waals surface area contributed by atoms with Gasteiger partial charge in [0.05, 0.1) is 24.1 Å². The molecule has 0 bridgehead atoms. The standard InChI is InChI=1S/C20H26F3N5O5S/c1-10(2)13-6-15(20(21,22)23)25-16(11(3)4)17(13)26-19(29)27-34(30,31)14-7-24-28-8-12(32-5)9-33-18(14)28/h6-7,10-12H,8-9H2,1-5H3,(H2,26,27,29)/t12-/m0/s1. The lowest BCUT2D eigenvalue weighted by Crippen LogP contribution is -2.36. The molecule has 1 atom stereocenters. The molecular weight excluding hydrogens is 479 g/mol. The molecular formula is C20H26F3N5O5S. The Hall–Kier alpha value is -2.87. The third-order valence-electron chi connectivity index (χ3n) is 5.17. The summed E-state index contributed by atoms with van der Waals surface area (Å²) >= 11 is 0. The summed E-state index contributed by atoms with van der Waals surface area (Å²) in [7, 11) is -2.93. The molecule has 3 rings (SSSR count). The van der Waals surface area contributed by atoms with Crippen LogP contribution < -0.4 is 14.8 Å². The Morgan fingerprint density at radius 3 is 2.50 bits per heavy atom. The zero-order valence-electron chi connectivity index (χ0n) is 19.2. The van der Waals surface area contributed by atoms with Gasteiger partial charge in [-0.05, 0) is 23.5 Å². The van der Waals surface area contributed by atoms with E-state index in [4.69, 9.17) is 9.47 Å². The SMILES string of the molecule is CO[C@@H]1COc2c(S(=O)(=O)NC(=O)Nc3c(C(C)C)cc(C(F)(F)F)nc3C(C)C)cnn2C1. The number of nitrogens with zero attached hydrogens (tertiary/aromatic N) is 3. The second-order valence-electron chi connectivity index (χ2n) is 8.39. The fourth-order valence-electron chi connectivity index (χ4n) is 3.43. The molecule has 0 aromatic carbocycles. The number of hydrogen-bond acceptors (Lipinski definition) is 7. The van der Waals surface area contributed by atoms with Crippen LogP contribution in [0.3, 0.4) is 0 Å². The topological polar surface area (TPSA) is 124 Å². The molecule has 188 valence electrons. The predicted octanol–water partition coefficient (Wildman–Crippen LogP) is 3.46. The van der Waals surface area contributed by atoms with Crippen LogP contribution in [0.5, 0.6) is 5.88 Å². The molecule has 34 heavy (non-hydrogen) atoms. The van der Waals surface area contributed by atoms with Gasteiger partial charge in [-0.15, -0.1) is 0 Å². The van der Waals surface area contributed by atoms with Gasteiger partial charge in [-0.2, -0.15) is 18.3 Å². The number of nitrogens with one attached hydrogen (secondary N) is 2. The van der Waals surface area contributed by atoms with E-state index in [-0.39, 0.29) is 47.0 Å². The molecule has 0 aliphatic carbocycles. The van der Waals surface area contributed by atoms with Crippen molar-refractivity contribution in [2.75, 3.05) is 19.0 Å². The average molecular weight is 506 g/mol. The number of urea groups is 1. The predicted molar refractivity (Wildman–Crippen MR) is 115 cm³/mol. The van der Waals surface area contributed by atoms with Crippen molar-refractivity contribution in [2.45, 2.75) is 63.3 Å². The highest BCUT2D eigenvalue weighted by molar-refractivity contribution is 7.90. The van der Waals surface area contributed by atoms with E-state index in [1.165, 1.54) is 11.8 Å². The van der Waals surface area contributed by atoms with Gasteiger partial charge in [0, 0.05) is 7.11 Å². The maximum atomic E-state index is 13.4. The second-order valence-corrected chi connectivity index (χ2v) is 10.0. The van der Waals surface area contributed by atoms with Crippen molar-refractivity contribution in [1.29, 1.82) is 0 Å². The number of rotatable bonds is 6. The van der Waals surface area contributed by atoms with Crippen molar-refractivity contribution in [2.24, 2.45) is 0 Å². The molecule has 3 heterocycles. The van der Waals surface area contributed by atoms with Crippen LogP contribution in [-0.2, 0) is 27.5 Å². The molecule has 2 N–H and O–H groups in total. The number of carbonyl (C=O) groups is 1. The number of alkyl halides is 3. The highest BCUT2D eigenvalue weighted by Gasteiger charge is 2.36. The number of aromatic nitrogens is 3. The minimum atomic E-state index is -4.68. The number of ether oxygens (including phenoxy) is 2. The van der Waals surface area contributed by atoms with Crippen molar-refractivity contribution < 1.29 is 35.9 Å². The van der Waals surface area contributed by atoms with E-state index in [1.54, 1.807) is 27.7 Å². The first kappa shape index (κ1) is 25.7. The van der Waals surface area contributed by atoms with Gasteiger partial charge < -0.3 is 14.8 Å². The lowest BCUT2D eigenvalue weighted by atomic mass is 9.96. The Morgan fingerprint density at radius 2 is 1.94 bits per heavy atom. The van der Waals surface area contributed by atoms with Crippen molar-refractivity contribution in [3.8, 4) is 5.88 Å². The lowest BCUT2D eigenvalue weighted by Gasteiger charge is -2.23. The first-order valence-electron chi connectivity index (χ1n) is 10.4. The number of methoxy groups -OCH3 is 1. The van der Waals surface area contributed by atoms with E-state index in [0.717, 1.165) is 12.3 Å². The number of amides is 2. The molecule has 10 nitrogen and oxygen atoms in total. The van der Waals surface area contributed by atoms with Gasteiger partial charge >= 0.3 is 12.2 Å². The zero-order valence-corrected chi connectivity index (χ0v) is 20.0. The van der Waals surface area contributed by atoms with Gasteiger partial charge in [-0.25, -0.2) is 27.6 Å².